The van der Waals surface area contributed by atoms with E-state index in [9.17, 15) is 14.9 Å². The monoisotopic (exact) mass is 363 g/mol. The second-order valence-electron chi connectivity index (χ2n) is 5.36. The molecule has 1 atom stereocenters. The summed E-state index contributed by atoms with van der Waals surface area (Å²) in [6, 6.07) is 6.94. The molecule has 9 nitrogen and oxygen atoms in total. The van der Waals surface area contributed by atoms with Gasteiger partial charge in [-0.05, 0) is 11.0 Å². The molecule has 25 heavy (non-hydrogen) atoms. The quantitative estimate of drug-likeness (QED) is 0.613. The largest absolute Gasteiger partial charge is 0.446 e. The minimum absolute atomic E-state index is 0.0210. The van der Waals surface area contributed by atoms with Crippen LogP contribution in [-0.4, -0.2) is 31.3 Å². The van der Waals surface area contributed by atoms with E-state index >= 15 is 0 Å². The van der Waals surface area contributed by atoms with Gasteiger partial charge >= 0.3 is 5.82 Å². The highest BCUT2D eigenvalue weighted by Crippen LogP contribution is 2.33. The van der Waals surface area contributed by atoms with Crippen LogP contribution in [0.5, 0.6) is 0 Å². The number of nitrogens with zero attached hydrogens (tertiary/aromatic N) is 5. The normalized spacial score (nSPS) is 16.5. The van der Waals surface area contributed by atoms with E-state index in [0.717, 1.165) is 5.01 Å². The Labute approximate surface area is 147 Å². The molecule has 0 saturated carbocycles. The molecular weight excluding hydrogens is 350 g/mol. The van der Waals surface area contributed by atoms with E-state index in [1.165, 1.54) is 17.7 Å². The molecule has 0 N–H and O–H groups in total. The number of hydrogen-bond acceptors (Lipinski definition) is 6. The summed E-state index contributed by atoms with van der Waals surface area (Å²) < 4.78 is 7.12. The third-order valence-corrected chi connectivity index (χ3v) is 4.04. The number of aromatic nitrogens is 2. The van der Waals surface area contributed by atoms with Crippen molar-refractivity contribution in [3.8, 4) is 0 Å². The first-order chi connectivity index (χ1) is 11.9. The second kappa shape index (κ2) is 6.52. The predicted octanol–water partition coefficient (Wildman–Crippen LogP) is 2.64. The topological polar surface area (TPSA) is 103 Å². The lowest BCUT2D eigenvalue weighted by molar-refractivity contribution is -0.392. The first kappa shape index (κ1) is 16.9. The van der Waals surface area contributed by atoms with Crippen molar-refractivity contribution in [1.82, 2.24) is 14.6 Å². The lowest BCUT2D eigenvalue weighted by Crippen LogP contribution is -2.25. The molecule has 1 aromatic carbocycles. The molecule has 0 radical (unpaired) electrons. The Morgan fingerprint density at radius 3 is 2.80 bits per heavy atom. The van der Waals surface area contributed by atoms with E-state index in [4.69, 9.17) is 16.3 Å². The van der Waals surface area contributed by atoms with Crippen molar-refractivity contribution in [2.75, 3.05) is 0 Å². The van der Waals surface area contributed by atoms with Crippen molar-refractivity contribution in [1.29, 1.82) is 0 Å². The van der Waals surface area contributed by atoms with E-state index in [1.54, 1.807) is 31.2 Å². The Bertz CT molecular complexity index is 879. The van der Waals surface area contributed by atoms with Crippen molar-refractivity contribution in [3.05, 3.63) is 57.0 Å². The van der Waals surface area contributed by atoms with Crippen LogP contribution in [0.25, 0.3) is 0 Å². The molecule has 10 heteroatoms. The fourth-order valence-corrected chi connectivity index (χ4v) is 2.71. The Morgan fingerprint density at radius 1 is 1.44 bits per heavy atom. The number of rotatable bonds is 4. The fourth-order valence-electron chi connectivity index (χ4n) is 2.48. The van der Waals surface area contributed by atoms with Gasteiger partial charge in [0.1, 0.15) is 6.20 Å². The van der Waals surface area contributed by atoms with Gasteiger partial charge in [0.25, 0.3) is 5.90 Å². The number of aryl methyl sites for hydroxylation is 1. The van der Waals surface area contributed by atoms with E-state index in [-0.39, 0.29) is 24.2 Å². The summed E-state index contributed by atoms with van der Waals surface area (Å²) in [6.07, 6.45) is 0.350. The zero-order valence-corrected chi connectivity index (χ0v) is 14.2. The summed E-state index contributed by atoms with van der Waals surface area (Å²) in [4.78, 5) is 26.4. The van der Waals surface area contributed by atoms with Crippen LogP contribution in [0.2, 0.25) is 5.02 Å². The van der Waals surface area contributed by atoms with Crippen LogP contribution < -0.4 is 0 Å². The fraction of sp³-hybridized carbons (Fsp3) is 0.267. The first-order valence-corrected chi connectivity index (χ1v) is 7.71. The predicted molar refractivity (Wildman–Crippen MR) is 88.9 cm³/mol. The lowest BCUT2D eigenvalue weighted by atomic mass is 10.2. The van der Waals surface area contributed by atoms with Gasteiger partial charge in [-0.1, -0.05) is 29.8 Å². The maximum atomic E-state index is 11.9. The summed E-state index contributed by atoms with van der Waals surface area (Å²) >= 11 is 6.18. The third kappa shape index (κ3) is 3.18. The number of halogens is 1. The number of hydrogen-bond donors (Lipinski definition) is 0. The van der Waals surface area contributed by atoms with Crippen molar-refractivity contribution < 1.29 is 14.5 Å². The highest BCUT2D eigenvalue weighted by atomic mass is 35.5. The van der Waals surface area contributed by atoms with E-state index in [1.807, 2.05) is 0 Å². The maximum Gasteiger partial charge on any atom is 0.343 e. The number of benzene rings is 1. The average Bonchev–Trinajstić information content (AvgIpc) is 3.13. The van der Waals surface area contributed by atoms with E-state index in [2.05, 4.69) is 10.1 Å². The molecule has 2 heterocycles. The average molecular weight is 364 g/mol. The molecule has 1 aromatic heterocycles. The standard InChI is InChI=1S/C15H14ClN5O4/c1-9-17-7-14(21(23)24)19(9)8-13-18-20(10(2)22)15(25-13)11-5-3-4-6-12(11)16/h3-7,15H,8H2,1-2H3. The van der Waals surface area contributed by atoms with Crippen LogP contribution in [0.4, 0.5) is 5.82 Å². The summed E-state index contributed by atoms with van der Waals surface area (Å²) in [5, 5.41) is 16.8. The highest BCUT2D eigenvalue weighted by Gasteiger charge is 2.35. The van der Waals surface area contributed by atoms with Gasteiger partial charge < -0.3 is 14.9 Å². The lowest BCUT2D eigenvalue weighted by Gasteiger charge is -2.20. The van der Waals surface area contributed by atoms with E-state index in [0.29, 0.717) is 16.4 Å². The van der Waals surface area contributed by atoms with Gasteiger partial charge in [0.15, 0.2) is 12.4 Å². The number of amides is 1. The van der Waals surface area contributed by atoms with Gasteiger partial charge in [0.2, 0.25) is 12.1 Å². The molecule has 0 saturated heterocycles. The van der Waals surface area contributed by atoms with Crippen LogP contribution in [0.1, 0.15) is 24.5 Å². The highest BCUT2D eigenvalue weighted by molar-refractivity contribution is 6.31. The maximum absolute atomic E-state index is 11.9. The molecule has 0 bridgehead atoms. The SMILES string of the molecule is CC(=O)N1N=C(Cn2c([N+](=O)[O-])cnc2C)OC1c1ccccc1Cl. The van der Waals surface area contributed by atoms with E-state index < -0.39 is 11.2 Å². The van der Waals surface area contributed by atoms with Crippen LogP contribution in [0.15, 0.2) is 35.6 Å². The van der Waals surface area contributed by atoms with Crippen LogP contribution in [-0.2, 0) is 16.1 Å². The van der Waals surface area contributed by atoms with Crippen molar-refractivity contribution in [2.24, 2.45) is 5.10 Å². The van der Waals surface area contributed by atoms with Gasteiger partial charge in [-0.2, -0.15) is 5.01 Å². The number of hydrazone groups is 1. The number of carbonyl (C=O) groups is 1. The number of imidazole rings is 1. The van der Waals surface area contributed by atoms with Gasteiger partial charge in [-0.15, -0.1) is 5.10 Å². The molecule has 1 amide bonds. The number of ether oxygens (including phenoxy) is 1. The Balaban J connectivity index is 1.91. The molecule has 0 aliphatic carbocycles. The molecule has 1 unspecified atom stereocenters. The zero-order valence-electron chi connectivity index (χ0n) is 13.4. The summed E-state index contributed by atoms with van der Waals surface area (Å²) in [7, 11) is 0. The van der Waals surface area contributed by atoms with Crippen molar-refractivity contribution >= 4 is 29.2 Å². The smallest absolute Gasteiger partial charge is 0.343 e. The summed E-state index contributed by atoms with van der Waals surface area (Å²) in [6.45, 7) is 2.97. The Hall–Kier alpha value is -2.94. The van der Waals surface area contributed by atoms with Crippen molar-refractivity contribution in [3.63, 3.8) is 0 Å². The summed E-state index contributed by atoms with van der Waals surface area (Å²) in [5.74, 6) is 0.0778. The Kier molecular flexibility index (Phi) is 4.41. The number of nitro groups is 1. The van der Waals surface area contributed by atoms with Gasteiger partial charge in [-0.3, -0.25) is 4.79 Å². The molecule has 1 aliphatic heterocycles. The molecule has 0 fully saturated rings. The minimum atomic E-state index is -0.816. The molecule has 2 aromatic rings. The van der Waals surface area contributed by atoms with Gasteiger partial charge in [-0.25, -0.2) is 9.55 Å². The number of carbonyl (C=O) groups excluding carboxylic acids is 1. The zero-order chi connectivity index (χ0) is 18.1. The minimum Gasteiger partial charge on any atom is -0.446 e. The molecule has 1 aliphatic rings. The summed E-state index contributed by atoms with van der Waals surface area (Å²) in [5.41, 5.74) is 0.579. The van der Waals surface area contributed by atoms with Crippen LogP contribution in [0, 0.1) is 17.0 Å². The van der Waals surface area contributed by atoms with Crippen molar-refractivity contribution in [2.45, 2.75) is 26.6 Å². The molecular formula is C15H14ClN5O4. The molecule has 3 rings (SSSR count). The van der Waals surface area contributed by atoms with Crippen LogP contribution >= 0.6 is 11.6 Å². The second-order valence-corrected chi connectivity index (χ2v) is 5.76. The Morgan fingerprint density at radius 2 is 2.16 bits per heavy atom. The molecule has 0 spiro atoms. The van der Waals surface area contributed by atoms with Gasteiger partial charge in [0.05, 0.1) is 0 Å². The first-order valence-electron chi connectivity index (χ1n) is 7.33. The van der Waals surface area contributed by atoms with Crippen LogP contribution in [0.3, 0.4) is 0 Å². The van der Waals surface area contributed by atoms with Gasteiger partial charge in [0, 0.05) is 24.4 Å². The third-order valence-electron chi connectivity index (χ3n) is 3.70. The molecule has 130 valence electrons.